The molecule has 0 N–H and O–H groups in total. The van der Waals surface area contributed by atoms with Gasteiger partial charge in [-0.1, -0.05) is 45.6 Å². The summed E-state index contributed by atoms with van der Waals surface area (Å²) in [6, 6.07) is 5.23. The molecular weight excluding hydrogens is 380 g/mol. The monoisotopic (exact) mass is 416 g/mol. The zero-order valence-corrected chi connectivity index (χ0v) is 18.7. The summed E-state index contributed by atoms with van der Waals surface area (Å²) < 4.78 is 11.3. The van der Waals surface area contributed by atoms with E-state index in [4.69, 9.17) is 9.47 Å². The predicted molar refractivity (Wildman–Crippen MR) is 117 cm³/mol. The van der Waals surface area contributed by atoms with Gasteiger partial charge in [0.15, 0.2) is 11.5 Å². The standard InChI is InChI=1S/C24H36N2O4/c1-4-6-14-25-22(27)17-26(19-10-8-7-9-11-19)24(28)23(25)18-12-13-20(30-15-5-2)21(16-18)29-3/h12-13,16,19,23H,4-11,14-15,17H2,1-3H3. The fourth-order valence-electron chi connectivity index (χ4n) is 4.54. The largest absolute Gasteiger partial charge is 0.493 e. The average molecular weight is 417 g/mol. The lowest BCUT2D eigenvalue weighted by Gasteiger charge is -2.44. The van der Waals surface area contributed by atoms with Gasteiger partial charge in [0.05, 0.1) is 13.7 Å². The van der Waals surface area contributed by atoms with Crippen molar-refractivity contribution in [3.8, 4) is 11.5 Å². The highest BCUT2D eigenvalue weighted by atomic mass is 16.5. The highest BCUT2D eigenvalue weighted by Crippen LogP contribution is 2.36. The van der Waals surface area contributed by atoms with Gasteiger partial charge in [-0.3, -0.25) is 9.59 Å². The lowest BCUT2D eigenvalue weighted by atomic mass is 9.91. The Kier molecular flexibility index (Phi) is 8.00. The number of benzene rings is 1. The Bertz CT molecular complexity index is 730. The van der Waals surface area contributed by atoms with Gasteiger partial charge in [0, 0.05) is 12.6 Å². The summed E-state index contributed by atoms with van der Waals surface area (Å²) in [6.45, 7) is 5.56. The summed E-state index contributed by atoms with van der Waals surface area (Å²) in [4.78, 5) is 30.4. The molecular formula is C24H36N2O4. The number of amides is 2. The molecule has 0 radical (unpaired) electrons. The number of carbonyl (C=O) groups is 2. The van der Waals surface area contributed by atoms with E-state index in [2.05, 4.69) is 13.8 Å². The predicted octanol–water partition coefficient (Wildman–Crippen LogP) is 4.33. The van der Waals surface area contributed by atoms with Gasteiger partial charge in [0.2, 0.25) is 5.91 Å². The summed E-state index contributed by atoms with van der Waals surface area (Å²) in [6.07, 6.45) is 8.23. The molecule has 1 aliphatic carbocycles. The number of rotatable bonds is 9. The quantitative estimate of drug-likeness (QED) is 0.601. The van der Waals surface area contributed by atoms with Gasteiger partial charge in [0.25, 0.3) is 5.91 Å². The first-order chi connectivity index (χ1) is 14.6. The number of ether oxygens (including phenoxy) is 2. The van der Waals surface area contributed by atoms with Gasteiger partial charge in [-0.05, 0) is 43.4 Å². The second-order valence-electron chi connectivity index (χ2n) is 8.36. The maximum absolute atomic E-state index is 13.7. The highest BCUT2D eigenvalue weighted by Gasteiger charge is 2.42. The van der Waals surface area contributed by atoms with E-state index in [-0.39, 0.29) is 24.4 Å². The van der Waals surface area contributed by atoms with Gasteiger partial charge in [-0.15, -0.1) is 0 Å². The van der Waals surface area contributed by atoms with E-state index in [0.717, 1.165) is 50.5 Å². The summed E-state index contributed by atoms with van der Waals surface area (Å²) in [5.74, 6) is 1.36. The zero-order valence-electron chi connectivity index (χ0n) is 18.7. The summed E-state index contributed by atoms with van der Waals surface area (Å²) in [5, 5.41) is 0. The molecule has 0 spiro atoms. The molecule has 1 saturated carbocycles. The topological polar surface area (TPSA) is 59.1 Å². The average Bonchev–Trinajstić information content (AvgIpc) is 2.78. The Morgan fingerprint density at radius 2 is 1.80 bits per heavy atom. The van der Waals surface area contributed by atoms with Crippen LogP contribution in [0.5, 0.6) is 11.5 Å². The van der Waals surface area contributed by atoms with E-state index in [0.29, 0.717) is 24.7 Å². The molecule has 30 heavy (non-hydrogen) atoms. The van der Waals surface area contributed by atoms with Crippen LogP contribution in [-0.4, -0.2) is 54.5 Å². The lowest BCUT2D eigenvalue weighted by Crippen LogP contribution is -2.58. The highest BCUT2D eigenvalue weighted by molar-refractivity contribution is 5.96. The van der Waals surface area contributed by atoms with Crippen LogP contribution in [0.2, 0.25) is 0 Å². The van der Waals surface area contributed by atoms with Crippen LogP contribution in [0.15, 0.2) is 18.2 Å². The SMILES string of the molecule is CCCCN1C(=O)CN(C2CCCCC2)C(=O)C1c1ccc(OCCC)c(OC)c1. The van der Waals surface area contributed by atoms with Crippen molar-refractivity contribution in [2.75, 3.05) is 26.8 Å². The number of hydrogen-bond acceptors (Lipinski definition) is 4. The van der Waals surface area contributed by atoms with Crippen LogP contribution >= 0.6 is 0 Å². The molecule has 1 saturated heterocycles. The van der Waals surface area contributed by atoms with Crippen LogP contribution in [0.4, 0.5) is 0 Å². The van der Waals surface area contributed by atoms with Crippen LogP contribution in [0.1, 0.15) is 76.8 Å². The Hall–Kier alpha value is -2.24. The van der Waals surface area contributed by atoms with Gasteiger partial charge in [-0.25, -0.2) is 0 Å². The van der Waals surface area contributed by atoms with Crippen molar-refractivity contribution in [2.24, 2.45) is 0 Å². The fraction of sp³-hybridized carbons (Fsp3) is 0.667. The number of methoxy groups -OCH3 is 1. The Balaban J connectivity index is 1.93. The summed E-state index contributed by atoms with van der Waals surface area (Å²) in [5.41, 5.74) is 0.797. The molecule has 1 aliphatic heterocycles. The summed E-state index contributed by atoms with van der Waals surface area (Å²) in [7, 11) is 1.61. The summed E-state index contributed by atoms with van der Waals surface area (Å²) >= 11 is 0. The molecule has 1 aromatic carbocycles. The zero-order chi connectivity index (χ0) is 21.5. The van der Waals surface area contributed by atoms with Crippen molar-refractivity contribution in [2.45, 2.75) is 77.3 Å². The van der Waals surface area contributed by atoms with Gasteiger partial charge >= 0.3 is 0 Å². The van der Waals surface area contributed by atoms with Gasteiger partial charge in [-0.2, -0.15) is 0 Å². The molecule has 3 rings (SSSR count). The van der Waals surface area contributed by atoms with Crippen LogP contribution in [0, 0.1) is 0 Å². The lowest BCUT2D eigenvalue weighted by molar-refractivity contribution is -0.159. The molecule has 6 heteroatoms. The second kappa shape index (κ2) is 10.7. The van der Waals surface area contributed by atoms with E-state index < -0.39 is 6.04 Å². The van der Waals surface area contributed by atoms with Gasteiger partial charge < -0.3 is 19.3 Å². The maximum Gasteiger partial charge on any atom is 0.250 e. The minimum absolute atomic E-state index is 0.0434. The Morgan fingerprint density at radius 1 is 1.03 bits per heavy atom. The van der Waals surface area contributed by atoms with Crippen LogP contribution in [0.3, 0.4) is 0 Å². The van der Waals surface area contributed by atoms with Crippen molar-refractivity contribution < 1.29 is 19.1 Å². The molecule has 0 bridgehead atoms. The molecule has 1 heterocycles. The molecule has 6 nitrogen and oxygen atoms in total. The molecule has 0 aromatic heterocycles. The van der Waals surface area contributed by atoms with E-state index in [1.165, 1.54) is 6.42 Å². The molecule has 1 atom stereocenters. The Labute approximate surface area is 180 Å². The van der Waals surface area contributed by atoms with Crippen molar-refractivity contribution in [3.05, 3.63) is 23.8 Å². The maximum atomic E-state index is 13.7. The first-order valence-corrected chi connectivity index (χ1v) is 11.5. The normalized spacial score (nSPS) is 20.6. The van der Waals surface area contributed by atoms with E-state index in [9.17, 15) is 9.59 Å². The number of unbranched alkanes of at least 4 members (excludes halogenated alkanes) is 1. The molecule has 166 valence electrons. The van der Waals surface area contributed by atoms with Crippen molar-refractivity contribution in [3.63, 3.8) is 0 Å². The van der Waals surface area contributed by atoms with Gasteiger partial charge in [0.1, 0.15) is 12.6 Å². The fourth-order valence-corrected chi connectivity index (χ4v) is 4.54. The number of hydrogen-bond donors (Lipinski definition) is 0. The third-order valence-electron chi connectivity index (χ3n) is 6.19. The molecule has 1 unspecified atom stereocenters. The smallest absolute Gasteiger partial charge is 0.250 e. The van der Waals surface area contributed by atoms with E-state index >= 15 is 0 Å². The third-order valence-corrected chi connectivity index (χ3v) is 6.19. The van der Waals surface area contributed by atoms with Crippen molar-refractivity contribution >= 4 is 11.8 Å². The molecule has 2 fully saturated rings. The van der Waals surface area contributed by atoms with Crippen LogP contribution < -0.4 is 9.47 Å². The minimum Gasteiger partial charge on any atom is -0.493 e. The molecule has 1 aromatic rings. The number of carbonyl (C=O) groups excluding carboxylic acids is 2. The van der Waals surface area contributed by atoms with E-state index in [1.807, 2.05) is 23.1 Å². The minimum atomic E-state index is -0.589. The second-order valence-corrected chi connectivity index (χ2v) is 8.36. The molecule has 2 amide bonds. The van der Waals surface area contributed by atoms with Crippen LogP contribution in [0.25, 0.3) is 0 Å². The number of nitrogens with zero attached hydrogens (tertiary/aromatic N) is 2. The Morgan fingerprint density at radius 3 is 2.47 bits per heavy atom. The van der Waals surface area contributed by atoms with E-state index in [1.54, 1.807) is 12.0 Å². The molecule has 2 aliphatic rings. The first kappa shape index (κ1) is 22.4. The third kappa shape index (κ3) is 4.90. The van der Waals surface area contributed by atoms with Crippen LogP contribution in [-0.2, 0) is 9.59 Å². The number of piperazine rings is 1. The first-order valence-electron chi connectivity index (χ1n) is 11.5. The van der Waals surface area contributed by atoms with Crippen molar-refractivity contribution in [1.82, 2.24) is 9.80 Å². The van der Waals surface area contributed by atoms with Crippen molar-refractivity contribution in [1.29, 1.82) is 0 Å².